The summed E-state index contributed by atoms with van der Waals surface area (Å²) in [5.74, 6) is -1.40. The first-order chi connectivity index (χ1) is 11.6. The van der Waals surface area contributed by atoms with Crippen LogP contribution in [0.3, 0.4) is 0 Å². The van der Waals surface area contributed by atoms with Gasteiger partial charge in [-0.3, -0.25) is 9.59 Å². The molecule has 1 aromatic carbocycles. The SMILES string of the molecule is O=C(c1ccc(C(=O)N2CCCC[C@H]2C(=O)O)cc1)c1cc[nH]c1. The Hall–Kier alpha value is -2.89. The lowest BCUT2D eigenvalue weighted by Crippen LogP contribution is -2.47. The highest BCUT2D eigenvalue weighted by molar-refractivity contribution is 6.09. The fourth-order valence-electron chi connectivity index (χ4n) is 2.99. The Labute approximate surface area is 139 Å². The molecule has 0 aliphatic carbocycles. The molecule has 0 bridgehead atoms. The lowest BCUT2D eigenvalue weighted by atomic mass is 9.99. The van der Waals surface area contributed by atoms with Crippen molar-refractivity contribution >= 4 is 17.7 Å². The van der Waals surface area contributed by atoms with Crippen molar-refractivity contribution in [2.75, 3.05) is 6.54 Å². The number of hydrogen-bond acceptors (Lipinski definition) is 3. The van der Waals surface area contributed by atoms with Gasteiger partial charge in [0.2, 0.25) is 0 Å². The van der Waals surface area contributed by atoms with Crippen molar-refractivity contribution in [3.8, 4) is 0 Å². The molecule has 1 fully saturated rings. The van der Waals surface area contributed by atoms with Gasteiger partial charge >= 0.3 is 5.97 Å². The van der Waals surface area contributed by atoms with Crippen LogP contribution in [0.5, 0.6) is 0 Å². The number of rotatable bonds is 4. The summed E-state index contributed by atoms with van der Waals surface area (Å²) in [6.07, 6.45) is 5.38. The summed E-state index contributed by atoms with van der Waals surface area (Å²) >= 11 is 0. The first kappa shape index (κ1) is 16.0. The minimum absolute atomic E-state index is 0.128. The van der Waals surface area contributed by atoms with E-state index >= 15 is 0 Å². The van der Waals surface area contributed by atoms with Gasteiger partial charge in [0.15, 0.2) is 5.78 Å². The molecule has 2 N–H and O–H groups in total. The number of benzene rings is 1. The van der Waals surface area contributed by atoms with Gasteiger partial charge in [0.1, 0.15) is 6.04 Å². The number of carboxylic acid groups (broad SMARTS) is 1. The quantitative estimate of drug-likeness (QED) is 0.844. The number of aliphatic carboxylic acids is 1. The number of likely N-dealkylation sites (tertiary alicyclic amines) is 1. The van der Waals surface area contributed by atoms with Crippen molar-refractivity contribution in [2.45, 2.75) is 25.3 Å². The van der Waals surface area contributed by atoms with Gasteiger partial charge in [0, 0.05) is 35.6 Å². The van der Waals surface area contributed by atoms with E-state index in [4.69, 9.17) is 0 Å². The second-order valence-electron chi connectivity index (χ2n) is 5.85. The highest BCUT2D eigenvalue weighted by Crippen LogP contribution is 2.20. The predicted molar refractivity (Wildman–Crippen MR) is 87.0 cm³/mol. The number of ketones is 1. The maximum absolute atomic E-state index is 12.6. The lowest BCUT2D eigenvalue weighted by Gasteiger charge is -2.33. The Balaban J connectivity index is 1.78. The van der Waals surface area contributed by atoms with Gasteiger partial charge in [-0.25, -0.2) is 4.79 Å². The Morgan fingerprint density at radius 1 is 1.00 bits per heavy atom. The van der Waals surface area contributed by atoms with Crippen LogP contribution in [-0.2, 0) is 4.79 Å². The molecule has 0 unspecified atom stereocenters. The third-order valence-corrected chi connectivity index (χ3v) is 4.30. The summed E-state index contributed by atoms with van der Waals surface area (Å²) in [7, 11) is 0. The summed E-state index contributed by atoms with van der Waals surface area (Å²) in [6.45, 7) is 0.444. The third kappa shape index (κ3) is 3.08. The third-order valence-electron chi connectivity index (χ3n) is 4.30. The molecular formula is C18H18N2O4. The van der Waals surface area contributed by atoms with Crippen LogP contribution >= 0.6 is 0 Å². The minimum Gasteiger partial charge on any atom is -0.480 e. The zero-order valence-corrected chi connectivity index (χ0v) is 13.1. The number of carboxylic acids is 1. The van der Waals surface area contributed by atoms with Crippen LogP contribution in [0.1, 0.15) is 45.5 Å². The zero-order valence-electron chi connectivity index (χ0n) is 13.1. The maximum Gasteiger partial charge on any atom is 0.326 e. The number of carbonyl (C=O) groups is 3. The van der Waals surface area contributed by atoms with Gasteiger partial charge in [-0.1, -0.05) is 12.1 Å². The normalized spacial score (nSPS) is 17.5. The summed E-state index contributed by atoms with van der Waals surface area (Å²) in [5, 5.41) is 9.29. The molecule has 1 aliphatic heterocycles. The van der Waals surface area contributed by atoms with Crippen LogP contribution in [0.2, 0.25) is 0 Å². The number of hydrogen-bond donors (Lipinski definition) is 2. The first-order valence-electron chi connectivity index (χ1n) is 7.89. The van der Waals surface area contributed by atoms with E-state index in [2.05, 4.69) is 4.98 Å². The fourth-order valence-corrected chi connectivity index (χ4v) is 2.99. The Bertz CT molecular complexity index is 750. The first-order valence-corrected chi connectivity index (χ1v) is 7.89. The number of piperidine rings is 1. The van der Waals surface area contributed by atoms with Crippen molar-refractivity contribution in [2.24, 2.45) is 0 Å². The minimum atomic E-state index is -0.970. The topological polar surface area (TPSA) is 90.5 Å². The molecule has 2 aromatic rings. The summed E-state index contributed by atoms with van der Waals surface area (Å²) in [5.41, 5.74) is 1.43. The van der Waals surface area contributed by atoms with Gasteiger partial charge in [0.05, 0.1) is 0 Å². The van der Waals surface area contributed by atoms with E-state index in [1.807, 2.05) is 0 Å². The largest absolute Gasteiger partial charge is 0.480 e. The van der Waals surface area contributed by atoms with Crippen LogP contribution in [0, 0.1) is 0 Å². The average molecular weight is 326 g/mol. The van der Waals surface area contributed by atoms with Crippen molar-refractivity contribution in [3.05, 3.63) is 59.4 Å². The molecule has 6 heteroatoms. The number of aromatic amines is 1. The van der Waals surface area contributed by atoms with E-state index in [9.17, 15) is 19.5 Å². The molecule has 124 valence electrons. The molecule has 1 aromatic heterocycles. The number of carbonyl (C=O) groups excluding carboxylic acids is 2. The molecule has 0 radical (unpaired) electrons. The van der Waals surface area contributed by atoms with Crippen molar-refractivity contribution in [1.82, 2.24) is 9.88 Å². The highest BCUT2D eigenvalue weighted by Gasteiger charge is 2.32. The fraction of sp³-hybridized carbons (Fsp3) is 0.278. The summed E-state index contributed by atoms with van der Waals surface area (Å²) < 4.78 is 0. The average Bonchev–Trinajstić information content (AvgIpc) is 3.15. The smallest absolute Gasteiger partial charge is 0.326 e. The van der Waals surface area contributed by atoms with Crippen LogP contribution in [0.4, 0.5) is 0 Å². The number of aromatic nitrogens is 1. The maximum atomic E-state index is 12.6. The second-order valence-corrected chi connectivity index (χ2v) is 5.85. The molecule has 0 spiro atoms. The van der Waals surface area contributed by atoms with Gasteiger partial charge < -0.3 is 15.0 Å². The molecule has 0 saturated carbocycles. The van der Waals surface area contributed by atoms with Crippen molar-refractivity contribution < 1.29 is 19.5 Å². The monoisotopic (exact) mass is 326 g/mol. The lowest BCUT2D eigenvalue weighted by molar-refractivity contribution is -0.143. The molecule has 1 atom stereocenters. The molecule has 1 amide bonds. The van der Waals surface area contributed by atoms with E-state index in [-0.39, 0.29) is 11.7 Å². The number of nitrogens with zero attached hydrogens (tertiary/aromatic N) is 1. The number of nitrogens with one attached hydrogen (secondary N) is 1. The van der Waals surface area contributed by atoms with Crippen LogP contribution in [0.25, 0.3) is 0 Å². The molecule has 2 heterocycles. The summed E-state index contributed by atoms with van der Waals surface area (Å²) in [4.78, 5) is 40.4. The highest BCUT2D eigenvalue weighted by atomic mass is 16.4. The van der Waals surface area contributed by atoms with Gasteiger partial charge in [0.25, 0.3) is 5.91 Å². The summed E-state index contributed by atoms with van der Waals surface area (Å²) in [6, 6.07) is 7.27. The molecular weight excluding hydrogens is 308 g/mol. The van der Waals surface area contributed by atoms with E-state index in [0.29, 0.717) is 29.7 Å². The van der Waals surface area contributed by atoms with Crippen LogP contribution in [0.15, 0.2) is 42.7 Å². The van der Waals surface area contributed by atoms with Gasteiger partial charge in [-0.2, -0.15) is 0 Å². The Morgan fingerprint density at radius 3 is 2.33 bits per heavy atom. The molecule has 1 saturated heterocycles. The van der Waals surface area contributed by atoms with Crippen LogP contribution in [-0.4, -0.2) is 45.2 Å². The van der Waals surface area contributed by atoms with E-state index in [1.165, 1.54) is 4.90 Å². The van der Waals surface area contributed by atoms with Crippen molar-refractivity contribution in [3.63, 3.8) is 0 Å². The number of amides is 1. The Kier molecular flexibility index (Phi) is 4.46. The Morgan fingerprint density at radius 2 is 1.71 bits per heavy atom. The molecule has 24 heavy (non-hydrogen) atoms. The van der Waals surface area contributed by atoms with Crippen LogP contribution < -0.4 is 0 Å². The molecule has 1 aliphatic rings. The van der Waals surface area contributed by atoms with Gasteiger partial charge in [-0.05, 0) is 37.5 Å². The number of H-pyrrole nitrogens is 1. The molecule has 3 rings (SSSR count). The standard InChI is InChI=1S/C18H18N2O4/c21-16(14-8-9-19-11-14)12-4-6-13(7-5-12)17(22)20-10-2-1-3-15(20)18(23)24/h4-9,11,15,19H,1-3,10H2,(H,23,24)/t15-/m0/s1. The van der Waals surface area contributed by atoms with E-state index in [1.54, 1.807) is 42.7 Å². The molecule has 6 nitrogen and oxygen atoms in total. The van der Waals surface area contributed by atoms with E-state index < -0.39 is 12.0 Å². The predicted octanol–water partition coefficient (Wildman–Crippen LogP) is 2.33. The van der Waals surface area contributed by atoms with E-state index in [0.717, 1.165) is 12.8 Å². The van der Waals surface area contributed by atoms with Gasteiger partial charge in [-0.15, -0.1) is 0 Å². The second kappa shape index (κ2) is 6.70. The zero-order chi connectivity index (χ0) is 17.1. The van der Waals surface area contributed by atoms with Crippen molar-refractivity contribution in [1.29, 1.82) is 0 Å².